The number of carbonyl (C=O) groups excluding carboxylic acids is 2. The van der Waals surface area contributed by atoms with Gasteiger partial charge in [0.15, 0.2) is 0 Å². The van der Waals surface area contributed by atoms with Gasteiger partial charge in [-0.15, -0.1) is 11.3 Å². The maximum Gasteiger partial charge on any atom is 0.281 e. The van der Waals surface area contributed by atoms with Crippen LogP contribution in [-0.4, -0.2) is 22.5 Å². The van der Waals surface area contributed by atoms with Crippen molar-refractivity contribution in [2.45, 2.75) is 6.92 Å². The highest BCUT2D eigenvalue weighted by atomic mass is 79.9. The molecular weight excluding hydrogens is 428 g/mol. The molecule has 6 nitrogen and oxygen atoms in total. The Balaban J connectivity index is 1.68. The molecule has 0 saturated carbocycles. The van der Waals surface area contributed by atoms with E-state index < -0.39 is 0 Å². The summed E-state index contributed by atoms with van der Waals surface area (Å²) in [5.74, 6) is -0.493. The van der Waals surface area contributed by atoms with E-state index in [9.17, 15) is 9.59 Å². The maximum atomic E-state index is 12.2. The van der Waals surface area contributed by atoms with Crippen molar-refractivity contribution in [2.75, 3.05) is 5.32 Å². The van der Waals surface area contributed by atoms with Crippen LogP contribution in [0.3, 0.4) is 0 Å². The number of aromatic nitrogens is 1. The van der Waals surface area contributed by atoms with Gasteiger partial charge in [0.2, 0.25) is 0 Å². The Hall–Kier alpha value is -2.84. The van der Waals surface area contributed by atoms with Crippen LogP contribution in [0.25, 0.3) is 0 Å². The Morgan fingerprint density at radius 2 is 1.81 bits per heavy atom. The number of pyridine rings is 1. The highest BCUT2D eigenvalue weighted by Gasteiger charge is 2.09. The number of carbonyl (C=O) groups is 2. The topological polar surface area (TPSA) is 83.5 Å². The van der Waals surface area contributed by atoms with Gasteiger partial charge in [0.05, 0.1) is 14.4 Å². The van der Waals surface area contributed by atoms with Gasteiger partial charge in [-0.2, -0.15) is 5.10 Å². The molecule has 136 valence electrons. The minimum Gasteiger partial charge on any atom is -0.322 e. The number of hydrogen-bond acceptors (Lipinski definition) is 5. The van der Waals surface area contributed by atoms with Gasteiger partial charge >= 0.3 is 0 Å². The summed E-state index contributed by atoms with van der Waals surface area (Å²) < 4.78 is 0.881. The average Bonchev–Trinajstić information content (AvgIpc) is 3.13. The second kappa shape index (κ2) is 8.70. The van der Waals surface area contributed by atoms with E-state index in [1.54, 1.807) is 49.6 Å². The summed E-state index contributed by atoms with van der Waals surface area (Å²) in [5.41, 5.74) is 5.11. The van der Waals surface area contributed by atoms with Crippen LogP contribution in [-0.2, 0) is 0 Å². The first-order valence-electron chi connectivity index (χ1n) is 7.95. The van der Waals surface area contributed by atoms with Crippen molar-refractivity contribution in [3.63, 3.8) is 0 Å². The first-order chi connectivity index (χ1) is 13.0. The summed E-state index contributed by atoms with van der Waals surface area (Å²) in [5, 5.41) is 6.98. The first-order valence-corrected chi connectivity index (χ1v) is 9.55. The molecule has 0 unspecified atom stereocenters. The third-order valence-corrected chi connectivity index (χ3v) is 5.23. The zero-order valence-electron chi connectivity index (χ0n) is 14.3. The number of nitrogens with zero attached hydrogens (tertiary/aromatic N) is 2. The summed E-state index contributed by atoms with van der Waals surface area (Å²) in [7, 11) is 0. The van der Waals surface area contributed by atoms with Gasteiger partial charge in [-0.3, -0.25) is 14.6 Å². The highest BCUT2D eigenvalue weighted by Crippen LogP contribution is 2.21. The van der Waals surface area contributed by atoms with Gasteiger partial charge in [-0.05, 0) is 64.8 Å². The van der Waals surface area contributed by atoms with E-state index in [0.717, 1.165) is 9.35 Å². The molecule has 8 heteroatoms. The number of hydrazone groups is 1. The lowest BCUT2D eigenvalue weighted by Crippen LogP contribution is -2.18. The van der Waals surface area contributed by atoms with E-state index in [4.69, 9.17) is 0 Å². The van der Waals surface area contributed by atoms with Crippen LogP contribution in [0.5, 0.6) is 0 Å². The minimum atomic E-state index is -0.271. The van der Waals surface area contributed by atoms with E-state index in [1.807, 2.05) is 18.2 Å². The summed E-state index contributed by atoms with van der Waals surface area (Å²) in [4.78, 5) is 28.8. The quantitative estimate of drug-likeness (QED) is 0.455. The zero-order valence-corrected chi connectivity index (χ0v) is 16.7. The molecule has 0 aliphatic carbocycles. The molecule has 0 atom stereocenters. The average molecular weight is 443 g/mol. The fourth-order valence-electron chi connectivity index (χ4n) is 2.22. The summed E-state index contributed by atoms with van der Waals surface area (Å²) in [6.07, 6.45) is 3.13. The van der Waals surface area contributed by atoms with Crippen molar-refractivity contribution < 1.29 is 9.59 Å². The normalized spacial score (nSPS) is 11.1. The molecule has 2 aromatic heterocycles. The van der Waals surface area contributed by atoms with Gasteiger partial charge in [0.1, 0.15) is 0 Å². The standard InChI is InChI=1S/C19H15BrN4O2S/c1-12(23-24-19(26)16-5-6-17(20)27-16)14-3-2-4-15(11-14)22-18(25)13-7-9-21-10-8-13/h2-11H,1H3,(H,22,25)(H,24,26). The zero-order chi connectivity index (χ0) is 19.2. The lowest BCUT2D eigenvalue weighted by atomic mass is 10.1. The van der Waals surface area contributed by atoms with Crippen LogP contribution in [0.4, 0.5) is 5.69 Å². The van der Waals surface area contributed by atoms with Crippen LogP contribution in [0.1, 0.15) is 32.5 Å². The first kappa shape index (κ1) is 18.9. The smallest absolute Gasteiger partial charge is 0.281 e. The minimum absolute atomic E-state index is 0.222. The number of nitrogens with one attached hydrogen (secondary N) is 2. The maximum absolute atomic E-state index is 12.2. The Bertz CT molecular complexity index is 1000. The van der Waals surface area contributed by atoms with E-state index in [1.165, 1.54) is 11.3 Å². The van der Waals surface area contributed by atoms with Crippen molar-refractivity contribution in [3.8, 4) is 0 Å². The van der Waals surface area contributed by atoms with E-state index in [0.29, 0.717) is 21.8 Å². The number of halogens is 1. The predicted molar refractivity (Wildman–Crippen MR) is 110 cm³/mol. The monoisotopic (exact) mass is 442 g/mol. The fourth-order valence-corrected chi connectivity index (χ4v) is 3.50. The molecule has 1 aromatic carbocycles. The van der Waals surface area contributed by atoms with Gasteiger partial charge in [0, 0.05) is 23.6 Å². The molecule has 0 aliphatic rings. The number of thiophene rings is 1. The van der Waals surface area contributed by atoms with Crippen molar-refractivity contribution in [3.05, 3.63) is 80.7 Å². The van der Waals surface area contributed by atoms with Crippen LogP contribution < -0.4 is 10.7 Å². The highest BCUT2D eigenvalue weighted by molar-refractivity contribution is 9.11. The van der Waals surface area contributed by atoms with E-state index in [2.05, 4.69) is 36.8 Å². The lowest BCUT2D eigenvalue weighted by Gasteiger charge is -2.07. The van der Waals surface area contributed by atoms with Crippen molar-refractivity contribution >= 4 is 50.5 Å². The molecule has 0 aliphatic heterocycles. The van der Waals surface area contributed by atoms with Gasteiger partial charge in [-0.1, -0.05) is 12.1 Å². The Morgan fingerprint density at radius 3 is 2.52 bits per heavy atom. The summed E-state index contributed by atoms with van der Waals surface area (Å²) in [6.45, 7) is 1.79. The number of amides is 2. The molecule has 0 fully saturated rings. The van der Waals surface area contributed by atoms with Crippen LogP contribution in [0, 0.1) is 0 Å². The summed E-state index contributed by atoms with van der Waals surface area (Å²) >= 11 is 4.66. The number of hydrogen-bond donors (Lipinski definition) is 2. The molecule has 0 saturated heterocycles. The number of rotatable bonds is 5. The van der Waals surface area contributed by atoms with Gasteiger partial charge in [0.25, 0.3) is 11.8 Å². The molecule has 2 amide bonds. The van der Waals surface area contributed by atoms with Crippen LogP contribution in [0.2, 0.25) is 0 Å². The van der Waals surface area contributed by atoms with Crippen molar-refractivity contribution in [2.24, 2.45) is 5.10 Å². The SMILES string of the molecule is CC(=NNC(=O)c1ccc(Br)s1)c1cccc(NC(=O)c2ccncc2)c1. The van der Waals surface area contributed by atoms with E-state index in [-0.39, 0.29) is 11.8 Å². The molecule has 0 bridgehead atoms. The number of benzene rings is 1. The molecule has 3 aromatic rings. The molecule has 0 radical (unpaired) electrons. The molecule has 2 heterocycles. The fraction of sp³-hybridized carbons (Fsp3) is 0.0526. The molecule has 0 spiro atoms. The molecule has 2 N–H and O–H groups in total. The molecular formula is C19H15BrN4O2S. The van der Waals surface area contributed by atoms with Crippen molar-refractivity contribution in [1.82, 2.24) is 10.4 Å². The second-order valence-corrected chi connectivity index (χ2v) is 7.98. The Morgan fingerprint density at radius 1 is 1.04 bits per heavy atom. The lowest BCUT2D eigenvalue weighted by molar-refractivity contribution is 0.0958. The predicted octanol–water partition coefficient (Wildman–Crippen LogP) is 4.31. The largest absolute Gasteiger partial charge is 0.322 e. The molecule has 3 rings (SSSR count). The van der Waals surface area contributed by atoms with E-state index >= 15 is 0 Å². The Labute approximate surface area is 168 Å². The molecule has 27 heavy (non-hydrogen) atoms. The van der Waals surface area contributed by atoms with Crippen LogP contribution >= 0.6 is 27.3 Å². The van der Waals surface area contributed by atoms with Crippen LogP contribution in [0.15, 0.2) is 69.8 Å². The second-order valence-electron chi connectivity index (χ2n) is 5.51. The van der Waals surface area contributed by atoms with Crippen molar-refractivity contribution in [1.29, 1.82) is 0 Å². The summed E-state index contributed by atoms with van der Waals surface area (Å²) in [6, 6.07) is 14.1. The third kappa shape index (κ3) is 5.08. The van der Waals surface area contributed by atoms with Gasteiger partial charge in [-0.25, -0.2) is 5.43 Å². The number of anilines is 1. The van der Waals surface area contributed by atoms with Gasteiger partial charge < -0.3 is 5.32 Å². The third-order valence-electron chi connectivity index (χ3n) is 3.60. The Kier molecular flexibility index (Phi) is 6.10.